The van der Waals surface area contributed by atoms with Crippen LogP contribution in [-0.2, 0) is 11.2 Å². The van der Waals surface area contributed by atoms with Crippen LogP contribution in [0, 0.1) is 0 Å². The van der Waals surface area contributed by atoms with E-state index in [-0.39, 0.29) is 12.3 Å². The average molecular weight is 380 g/mol. The summed E-state index contributed by atoms with van der Waals surface area (Å²) in [5.74, 6) is -0.849. The highest BCUT2D eigenvalue weighted by atomic mass is 79.9. The van der Waals surface area contributed by atoms with Crippen molar-refractivity contribution in [2.24, 2.45) is 0 Å². The maximum absolute atomic E-state index is 12.0. The average Bonchev–Trinajstić information content (AvgIpc) is 2.50. The van der Waals surface area contributed by atoms with Crippen molar-refractivity contribution in [3.63, 3.8) is 0 Å². The van der Waals surface area contributed by atoms with E-state index in [4.69, 9.17) is 9.84 Å². The van der Waals surface area contributed by atoms with Gasteiger partial charge in [0.25, 0.3) is 0 Å². The van der Waals surface area contributed by atoms with Gasteiger partial charge in [0, 0.05) is 4.47 Å². The summed E-state index contributed by atoms with van der Waals surface area (Å²) in [7, 11) is 1.39. The Balaban J connectivity index is 2.11. The monoisotopic (exact) mass is 379 g/mol. The minimum atomic E-state index is -0.994. The number of nitrogens with one attached hydrogen (secondary N) is 2. The molecule has 23 heavy (non-hydrogen) atoms. The quantitative estimate of drug-likeness (QED) is 0.740. The number of methoxy groups -OCH3 is 1. The van der Waals surface area contributed by atoms with Crippen molar-refractivity contribution >= 4 is 39.3 Å². The van der Waals surface area contributed by atoms with Gasteiger partial charge in [-0.1, -0.05) is 12.1 Å². The molecule has 0 atom stereocenters. The maximum atomic E-state index is 12.0. The molecule has 2 aromatic rings. The van der Waals surface area contributed by atoms with E-state index in [1.54, 1.807) is 24.3 Å². The normalized spacial score (nSPS) is 10.0. The molecule has 1 aromatic carbocycles. The number of nitrogens with zero attached hydrogens (tertiary/aromatic N) is 1. The first-order chi connectivity index (χ1) is 11.0. The standard InChI is InChI=1S/C15H14BrN3O4/c1-23-14-12(7-6-9(17-14)8-13(20)21)19-15(22)18-11-5-3-2-4-10(11)16/h2-7H,8H2,1H3,(H,20,21)(H2,18,19,22). The minimum absolute atomic E-state index is 0.144. The lowest BCUT2D eigenvalue weighted by molar-refractivity contribution is -0.136. The number of pyridine rings is 1. The summed E-state index contributed by atoms with van der Waals surface area (Å²) in [5, 5.41) is 14.1. The van der Waals surface area contributed by atoms with Gasteiger partial charge >= 0.3 is 12.0 Å². The second-order valence-electron chi connectivity index (χ2n) is 4.49. The summed E-state index contributed by atoms with van der Waals surface area (Å²) in [4.78, 5) is 26.8. The van der Waals surface area contributed by atoms with Crippen LogP contribution in [-0.4, -0.2) is 29.2 Å². The first kappa shape index (κ1) is 16.8. The summed E-state index contributed by atoms with van der Waals surface area (Å²) in [6, 6.07) is 9.77. The van der Waals surface area contributed by atoms with Crippen LogP contribution in [0.15, 0.2) is 40.9 Å². The van der Waals surface area contributed by atoms with Crippen LogP contribution in [0.25, 0.3) is 0 Å². The van der Waals surface area contributed by atoms with Crippen LogP contribution in [0.5, 0.6) is 5.88 Å². The molecule has 0 spiro atoms. The van der Waals surface area contributed by atoms with E-state index in [9.17, 15) is 9.59 Å². The van der Waals surface area contributed by atoms with Gasteiger partial charge in [0.2, 0.25) is 5.88 Å². The van der Waals surface area contributed by atoms with Crippen LogP contribution < -0.4 is 15.4 Å². The third-order valence-corrected chi connectivity index (χ3v) is 3.51. The first-order valence-electron chi connectivity index (χ1n) is 6.58. The Morgan fingerprint density at radius 2 is 1.87 bits per heavy atom. The molecule has 0 fully saturated rings. The summed E-state index contributed by atoms with van der Waals surface area (Å²) in [5.41, 5.74) is 1.29. The number of halogens is 1. The lowest BCUT2D eigenvalue weighted by Gasteiger charge is -2.12. The lowest BCUT2D eigenvalue weighted by Crippen LogP contribution is -2.20. The van der Waals surface area contributed by atoms with E-state index in [1.807, 2.05) is 6.07 Å². The van der Waals surface area contributed by atoms with Gasteiger partial charge in [0.15, 0.2) is 0 Å². The molecule has 0 aliphatic carbocycles. The van der Waals surface area contributed by atoms with Gasteiger partial charge in [-0.2, -0.15) is 0 Å². The summed E-state index contributed by atoms with van der Waals surface area (Å²) < 4.78 is 5.83. The highest BCUT2D eigenvalue weighted by molar-refractivity contribution is 9.10. The number of carbonyl (C=O) groups is 2. The van der Waals surface area contributed by atoms with E-state index < -0.39 is 12.0 Å². The number of aromatic nitrogens is 1. The predicted octanol–water partition coefficient (Wildman–Crippen LogP) is 3.12. The molecule has 8 heteroatoms. The fourth-order valence-corrected chi connectivity index (χ4v) is 2.21. The number of anilines is 2. The maximum Gasteiger partial charge on any atom is 0.323 e. The van der Waals surface area contributed by atoms with Crippen LogP contribution in [0.2, 0.25) is 0 Å². The topological polar surface area (TPSA) is 101 Å². The van der Waals surface area contributed by atoms with Gasteiger partial charge in [-0.05, 0) is 40.2 Å². The second-order valence-corrected chi connectivity index (χ2v) is 5.34. The number of hydrogen-bond donors (Lipinski definition) is 3. The number of amides is 2. The zero-order valence-corrected chi connectivity index (χ0v) is 13.8. The van der Waals surface area contributed by atoms with Crippen molar-refractivity contribution in [3.05, 3.63) is 46.6 Å². The van der Waals surface area contributed by atoms with E-state index in [2.05, 4.69) is 31.5 Å². The molecule has 0 aliphatic rings. The van der Waals surface area contributed by atoms with Gasteiger partial charge in [-0.15, -0.1) is 0 Å². The fourth-order valence-electron chi connectivity index (χ4n) is 1.82. The van der Waals surface area contributed by atoms with Crippen LogP contribution in [0.1, 0.15) is 5.69 Å². The smallest absolute Gasteiger partial charge is 0.323 e. The van der Waals surface area contributed by atoms with E-state index in [0.29, 0.717) is 17.1 Å². The molecule has 3 N–H and O–H groups in total. The summed E-state index contributed by atoms with van der Waals surface area (Å²) in [6.45, 7) is 0. The number of para-hydroxylation sites is 1. The Morgan fingerprint density at radius 3 is 2.52 bits per heavy atom. The zero-order chi connectivity index (χ0) is 16.8. The van der Waals surface area contributed by atoms with Gasteiger partial charge in [-0.25, -0.2) is 9.78 Å². The van der Waals surface area contributed by atoms with Gasteiger partial charge in [-0.3, -0.25) is 4.79 Å². The number of hydrogen-bond acceptors (Lipinski definition) is 4. The van der Waals surface area contributed by atoms with Crippen LogP contribution in [0.4, 0.5) is 16.2 Å². The van der Waals surface area contributed by atoms with Crippen molar-refractivity contribution in [1.82, 2.24) is 4.98 Å². The molecule has 0 saturated carbocycles. The minimum Gasteiger partial charge on any atom is -0.481 e. The molecule has 0 saturated heterocycles. The highest BCUT2D eigenvalue weighted by Gasteiger charge is 2.12. The number of benzene rings is 1. The third-order valence-electron chi connectivity index (χ3n) is 2.81. The van der Waals surface area contributed by atoms with Crippen molar-refractivity contribution in [1.29, 1.82) is 0 Å². The largest absolute Gasteiger partial charge is 0.481 e. The summed E-state index contributed by atoms with van der Waals surface area (Å²) in [6.07, 6.45) is -0.222. The predicted molar refractivity (Wildman–Crippen MR) is 88.9 cm³/mol. The number of ether oxygens (including phenoxy) is 1. The number of carboxylic acid groups (broad SMARTS) is 1. The van der Waals surface area contributed by atoms with E-state index in [1.165, 1.54) is 13.2 Å². The van der Waals surface area contributed by atoms with Gasteiger partial charge in [0.1, 0.15) is 5.69 Å². The van der Waals surface area contributed by atoms with Gasteiger partial charge in [0.05, 0.1) is 24.9 Å². The molecule has 0 radical (unpaired) electrons. The number of rotatable bonds is 5. The fraction of sp³-hybridized carbons (Fsp3) is 0.133. The number of aliphatic carboxylic acids is 1. The van der Waals surface area contributed by atoms with Gasteiger partial charge < -0.3 is 20.5 Å². The first-order valence-corrected chi connectivity index (χ1v) is 7.37. The molecular weight excluding hydrogens is 366 g/mol. The molecule has 120 valence electrons. The number of urea groups is 1. The molecule has 0 aliphatic heterocycles. The molecule has 2 amide bonds. The Labute approximate surface area is 140 Å². The van der Waals surface area contributed by atoms with Crippen molar-refractivity contribution in [2.75, 3.05) is 17.7 Å². The number of carbonyl (C=O) groups excluding carboxylic acids is 1. The Morgan fingerprint density at radius 1 is 1.17 bits per heavy atom. The Hall–Kier alpha value is -2.61. The Bertz CT molecular complexity index is 736. The molecule has 2 rings (SSSR count). The van der Waals surface area contributed by atoms with E-state index >= 15 is 0 Å². The second kappa shape index (κ2) is 7.59. The summed E-state index contributed by atoms with van der Waals surface area (Å²) >= 11 is 3.34. The highest BCUT2D eigenvalue weighted by Crippen LogP contribution is 2.24. The van der Waals surface area contributed by atoms with Crippen LogP contribution >= 0.6 is 15.9 Å². The van der Waals surface area contributed by atoms with Crippen molar-refractivity contribution in [3.8, 4) is 5.88 Å². The Kier molecular flexibility index (Phi) is 5.53. The molecule has 1 heterocycles. The SMILES string of the molecule is COc1nc(CC(=O)O)ccc1NC(=O)Nc1ccccc1Br. The third kappa shape index (κ3) is 4.68. The molecule has 0 unspecified atom stereocenters. The molecule has 1 aromatic heterocycles. The zero-order valence-electron chi connectivity index (χ0n) is 12.2. The van der Waals surface area contributed by atoms with Crippen LogP contribution in [0.3, 0.4) is 0 Å². The lowest BCUT2D eigenvalue weighted by atomic mass is 10.2. The van der Waals surface area contributed by atoms with Crippen molar-refractivity contribution < 1.29 is 19.4 Å². The van der Waals surface area contributed by atoms with E-state index in [0.717, 1.165) is 4.47 Å². The molecule has 7 nitrogen and oxygen atoms in total. The number of carboxylic acids is 1. The molecular formula is C15H14BrN3O4. The molecule has 0 bridgehead atoms. The van der Waals surface area contributed by atoms with Crippen molar-refractivity contribution in [2.45, 2.75) is 6.42 Å².